The Bertz CT molecular complexity index is 107. The van der Waals surface area contributed by atoms with E-state index in [9.17, 15) is 0 Å². The molecule has 0 aromatic heterocycles. The summed E-state index contributed by atoms with van der Waals surface area (Å²) in [4.78, 5) is 0. The van der Waals surface area contributed by atoms with E-state index in [0.717, 1.165) is 6.42 Å². The zero-order valence-corrected chi connectivity index (χ0v) is 9.58. The maximum absolute atomic E-state index is 9.15. The van der Waals surface area contributed by atoms with Gasteiger partial charge in [-0.3, -0.25) is 0 Å². The molecule has 1 atom stereocenters. The van der Waals surface area contributed by atoms with Crippen LogP contribution in [0.5, 0.6) is 0 Å². The minimum absolute atomic E-state index is 0.253. The van der Waals surface area contributed by atoms with E-state index in [1.54, 1.807) is 0 Å². The van der Waals surface area contributed by atoms with Crippen LogP contribution in [0.3, 0.4) is 0 Å². The van der Waals surface area contributed by atoms with Gasteiger partial charge >= 0.3 is 0 Å². The molecule has 0 bridgehead atoms. The molecule has 1 nitrogen and oxygen atoms in total. The Kier molecular flexibility index (Phi) is 6.02. The van der Waals surface area contributed by atoms with Crippen molar-refractivity contribution in [2.75, 3.05) is 18.1 Å². The highest BCUT2D eigenvalue weighted by Gasteiger charge is 2.22. The van der Waals surface area contributed by atoms with E-state index in [4.69, 9.17) is 5.11 Å². The van der Waals surface area contributed by atoms with Gasteiger partial charge in [0.25, 0.3) is 0 Å². The Balaban J connectivity index is 3.68. The summed E-state index contributed by atoms with van der Waals surface area (Å²) in [6, 6.07) is 0. The molecule has 0 rings (SSSR count). The van der Waals surface area contributed by atoms with Crippen molar-refractivity contribution in [3.05, 3.63) is 0 Å². The number of rotatable bonds is 5. The van der Waals surface area contributed by atoms with Gasteiger partial charge in [-0.2, -0.15) is 11.8 Å². The van der Waals surface area contributed by atoms with Gasteiger partial charge in [0.15, 0.2) is 0 Å². The molecule has 74 valence electrons. The second-order valence-electron chi connectivity index (χ2n) is 4.23. The molecule has 0 radical (unpaired) electrons. The lowest BCUT2D eigenvalue weighted by atomic mass is 9.80. The van der Waals surface area contributed by atoms with Crippen molar-refractivity contribution < 1.29 is 5.11 Å². The van der Waals surface area contributed by atoms with Crippen LogP contribution in [0.4, 0.5) is 0 Å². The first kappa shape index (κ1) is 12.3. The van der Waals surface area contributed by atoms with E-state index in [1.807, 2.05) is 11.8 Å². The first-order chi connectivity index (χ1) is 5.52. The smallest absolute Gasteiger partial charge is 0.0464 e. The largest absolute Gasteiger partial charge is 0.396 e. The first-order valence-electron chi connectivity index (χ1n) is 4.71. The van der Waals surface area contributed by atoms with Crippen molar-refractivity contribution >= 4 is 11.8 Å². The Morgan fingerprint density at radius 2 is 1.92 bits per heavy atom. The third-order valence-corrected chi connectivity index (χ3v) is 3.19. The lowest BCUT2D eigenvalue weighted by Crippen LogP contribution is -2.24. The normalized spacial score (nSPS) is 14.8. The highest BCUT2D eigenvalue weighted by Crippen LogP contribution is 2.29. The van der Waals surface area contributed by atoms with Gasteiger partial charge in [-0.15, -0.1) is 0 Å². The van der Waals surface area contributed by atoms with E-state index < -0.39 is 0 Å². The maximum Gasteiger partial charge on any atom is 0.0464 e. The molecule has 0 aromatic carbocycles. The van der Waals surface area contributed by atoms with Crippen LogP contribution in [0.1, 0.15) is 34.1 Å². The predicted molar refractivity (Wildman–Crippen MR) is 57.6 cm³/mol. The van der Waals surface area contributed by atoms with Gasteiger partial charge in [0.05, 0.1) is 0 Å². The summed E-state index contributed by atoms with van der Waals surface area (Å²) in [5, 5.41) is 9.15. The van der Waals surface area contributed by atoms with Crippen molar-refractivity contribution in [1.82, 2.24) is 0 Å². The van der Waals surface area contributed by atoms with Crippen LogP contribution < -0.4 is 0 Å². The molecule has 0 aliphatic heterocycles. The minimum atomic E-state index is 0.253. The predicted octanol–water partition coefficient (Wildman–Crippen LogP) is 2.78. The second kappa shape index (κ2) is 5.87. The Morgan fingerprint density at radius 3 is 2.25 bits per heavy atom. The van der Waals surface area contributed by atoms with E-state index in [2.05, 4.69) is 27.7 Å². The van der Waals surface area contributed by atoms with Gasteiger partial charge in [-0.05, 0) is 29.3 Å². The van der Waals surface area contributed by atoms with Crippen molar-refractivity contribution in [3.8, 4) is 0 Å². The molecule has 0 spiro atoms. The summed E-state index contributed by atoms with van der Waals surface area (Å²) in [5.41, 5.74) is 0.253. The Hall–Kier alpha value is 0.310. The molecular formula is C10H22OS. The number of thioether (sulfide) groups is 1. The lowest BCUT2D eigenvalue weighted by Gasteiger charge is -2.28. The van der Waals surface area contributed by atoms with E-state index >= 15 is 0 Å². The van der Waals surface area contributed by atoms with Crippen molar-refractivity contribution in [1.29, 1.82) is 0 Å². The van der Waals surface area contributed by atoms with Crippen molar-refractivity contribution in [3.63, 3.8) is 0 Å². The minimum Gasteiger partial charge on any atom is -0.396 e. The summed E-state index contributed by atoms with van der Waals surface area (Å²) in [6.07, 6.45) is 1.14. The zero-order chi connectivity index (χ0) is 9.61. The fourth-order valence-corrected chi connectivity index (χ4v) is 1.91. The van der Waals surface area contributed by atoms with Crippen LogP contribution in [-0.4, -0.2) is 23.2 Å². The molecule has 0 amide bonds. The van der Waals surface area contributed by atoms with Crippen LogP contribution in [0.2, 0.25) is 0 Å². The number of aliphatic hydroxyl groups is 1. The molecule has 1 unspecified atom stereocenters. The molecule has 0 heterocycles. The summed E-state index contributed by atoms with van der Waals surface area (Å²) in [6.45, 7) is 9.10. The fraction of sp³-hybridized carbons (Fsp3) is 1.00. The quantitative estimate of drug-likeness (QED) is 0.673. The molecule has 0 saturated heterocycles. The van der Waals surface area contributed by atoms with Gasteiger partial charge in [0.2, 0.25) is 0 Å². The van der Waals surface area contributed by atoms with Gasteiger partial charge in [-0.1, -0.05) is 27.7 Å². The van der Waals surface area contributed by atoms with E-state index in [1.165, 1.54) is 11.5 Å². The second-order valence-corrected chi connectivity index (χ2v) is 5.62. The average Bonchev–Trinajstić information content (AvgIpc) is 1.95. The zero-order valence-electron chi connectivity index (χ0n) is 8.76. The fourth-order valence-electron chi connectivity index (χ4n) is 1.17. The Labute approximate surface area is 80.9 Å². The standard InChI is InChI=1S/C10H22OS/c1-5-12-7-6-9(8-11)10(2,3)4/h9,11H,5-8H2,1-4H3. The Morgan fingerprint density at radius 1 is 1.33 bits per heavy atom. The number of aliphatic hydroxyl groups excluding tert-OH is 1. The molecule has 12 heavy (non-hydrogen) atoms. The summed E-state index contributed by atoms with van der Waals surface area (Å²) in [5.74, 6) is 2.82. The van der Waals surface area contributed by atoms with Crippen LogP contribution in [0.15, 0.2) is 0 Å². The molecule has 1 N–H and O–H groups in total. The van der Waals surface area contributed by atoms with Crippen LogP contribution in [-0.2, 0) is 0 Å². The molecule has 0 aromatic rings. The van der Waals surface area contributed by atoms with Gasteiger partial charge in [-0.25, -0.2) is 0 Å². The summed E-state index contributed by atoms with van der Waals surface area (Å²) >= 11 is 1.96. The highest BCUT2D eigenvalue weighted by atomic mass is 32.2. The van der Waals surface area contributed by atoms with Crippen molar-refractivity contribution in [2.24, 2.45) is 11.3 Å². The number of hydrogen-bond donors (Lipinski definition) is 1. The third kappa shape index (κ3) is 5.04. The topological polar surface area (TPSA) is 20.2 Å². The van der Waals surface area contributed by atoms with Crippen LogP contribution in [0, 0.1) is 11.3 Å². The molecule has 2 heteroatoms. The lowest BCUT2D eigenvalue weighted by molar-refractivity contribution is 0.128. The highest BCUT2D eigenvalue weighted by molar-refractivity contribution is 7.99. The summed E-state index contributed by atoms with van der Waals surface area (Å²) in [7, 11) is 0. The van der Waals surface area contributed by atoms with Gasteiger partial charge in [0.1, 0.15) is 0 Å². The maximum atomic E-state index is 9.15. The molecule has 0 aliphatic rings. The molecule has 0 aliphatic carbocycles. The van der Waals surface area contributed by atoms with Crippen LogP contribution >= 0.6 is 11.8 Å². The summed E-state index contributed by atoms with van der Waals surface area (Å²) < 4.78 is 0. The monoisotopic (exact) mass is 190 g/mol. The third-order valence-electron chi connectivity index (χ3n) is 2.26. The average molecular weight is 190 g/mol. The van der Waals surface area contributed by atoms with Gasteiger partial charge in [0, 0.05) is 6.61 Å². The van der Waals surface area contributed by atoms with Gasteiger partial charge < -0.3 is 5.11 Å². The van der Waals surface area contributed by atoms with Crippen LogP contribution in [0.25, 0.3) is 0 Å². The number of hydrogen-bond acceptors (Lipinski definition) is 2. The molecule has 0 saturated carbocycles. The van der Waals surface area contributed by atoms with E-state index in [0.29, 0.717) is 12.5 Å². The molecular weight excluding hydrogens is 168 g/mol. The molecule has 0 fully saturated rings. The van der Waals surface area contributed by atoms with Crippen molar-refractivity contribution in [2.45, 2.75) is 34.1 Å². The SMILES string of the molecule is CCSCCC(CO)C(C)(C)C. The first-order valence-corrected chi connectivity index (χ1v) is 5.86. The van der Waals surface area contributed by atoms with E-state index in [-0.39, 0.29) is 5.41 Å².